The van der Waals surface area contributed by atoms with Gasteiger partial charge < -0.3 is 9.84 Å². The number of hydrogen-bond donors (Lipinski definition) is 1. The van der Waals surface area contributed by atoms with Crippen molar-refractivity contribution >= 4 is 12.0 Å². The Hall–Kier alpha value is -1.77. The molecule has 0 bridgehead atoms. The number of hydrogen-bond acceptors (Lipinski definition) is 3. The largest absolute Gasteiger partial charge is 0.507 e. The summed E-state index contributed by atoms with van der Waals surface area (Å²) in [6.07, 6.45) is 3.15. The van der Waals surface area contributed by atoms with Crippen LogP contribution in [0.3, 0.4) is 0 Å². The number of phenols is 1. The fraction of sp³-hybridized carbons (Fsp3) is 0.250. The number of aryl methyl sites for hydroxylation is 1. The van der Waals surface area contributed by atoms with Crippen LogP contribution in [0.4, 0.5) is 0 Å². The monoisotopic (exact) mass is 204 g/mol. The molecule has 1 N–H and O–H groups in total. The van der Waals surface area contributed by atoms with Crippen molar-refractivity contribution in [2.24, 2.45) is 0 Å². The number of fused-ring (bicyclic) bond motifs is 1. The Balaban J connectivity index is 2.44. The number of methoxy groups -OCH3 is 1. The molecule has 1 aliphatic carbocycles. The zero-order chi connectivity index (χ0) is 10.8. The van der Waals surface area contributed by atoms with Gasteiger partial charge in [0, 0.05) is 11.1 Å². The third kappa shape index (κ3) is 1.73. The fourth-order valence-electron chi connectivity index (χ4n) is 1.79. The Labute approximate surface area is 88.0 Å². The number of phenolic OH excluding ortho intramolecular Hbond substituents is 1. The van der Waals surface area contributed by atoms with E-state index in [0.29, 0.717) is 12.0 Å². The highest BCUT2D eigenvalue weighted by Gasteiger charge is 2.18. The van der Waals surface area contributed by atoms with E-state index in [1.807, 2.05) is 12.1 Å². The summed E-state index contributed by atoms with van der Waals surface area (Å²) in [5.74, 6) is -0.0995. The van der Waals surface area contributed by atoms with E-state index in [2.05, 4.69) is 4.74 Å². The zero-order valence-corrected chi connectivity index (χ0v) is 8.49. The smallest absolute Gasteiger partial charge is 0.333 e. The van der Waals surface area contributed by atoms with E-state index in [0.717, 1.165) is 17.5 Å². The average Bonchev–Trinajstić information content (AvgIpc) is 2.28. The van der Waals surface area contributed by atoms with Crippen LogP contribution in [0.15, 0.2) is 23.8 Å². The second-order valence-electron chi connectivity index (χ2n) is 3.51. The van der Waals surface area contributed by atoms with E-state index in [1.54, 1.807) is 12.1 Å². The molecule has 0 atom stereocenters. The number of carbonyl (C=O) groups excluding carboxylic acids is 1. The van der Waals surface area contributed by atoms with Gasteiger partial charge in [-0.15, -0.1) is 0 Å². The summed E-state index contributed by atoms with van der Waals surface area (Å²) in [6, 6.07) is 5.39. The number of benzene rings is 1. The Bertz CT molecular complexity index is 432. The van der Waals surface area contributed by atoms with Gasteiger partial charge in [0.15, 0.2) is 0 Å². The predicted octanol–water partition coefficient (Wildman–Crippen LogP) is 1.89. The molecule has 0 amide bonds. The highest BCUT2D eigenvalue weighted by atomic mass is 16.5. The predicted molar refractivity (Wildman–Crippen MR) is 56.4 cm³/mol. The molecule has 78 valence electrons. The van der Waals surface area contributed by atoms with Crippen molar-refractivity contribution in [1.82, 2.24) is 0 Å². The summed E-state index contributed by atoms with van der Waals surface area (Å²) in [6.45, 7) is 0. The van der Waals surface area contributed by atoms with Crippen LogP contribution in [0.2, 0.25) is 0 Å². The molecule has 3 heteroatoms. The molecule has 1 aromatic carbocycles. The Morgan fingerprint density at radius 1 is 1.40 bits per heavy atom. The van der Waals surface area contributed by atoms with Crippen LogP contribution >= 0.6 is 0 Å². The molecule has 0 fully saturated rings. The minimum absolute atomic E-state index is 0.216. The lowest BCUT2D eigenvalue weighted by Gasteiger charge is -2.15. The van der Waals surface area contributed by atoms with E-state index >= 15 is 0 Å². The Morgan fingerprint density at radius 2 is 2.20 bits per heavy atom. The first-order valence-electron chi connectivity index (χ1n) is 4.82. The minimum Gasteiger partial charge on any atom is -0.507 e. The van der Waals surface area contributed by atoms with Gasteiger partial charge >= 0.3 is 5.97 Å². The lowest BCUT2D eigenvalue weighted by atomic mass is 9.92. The third-order valence-electron chi connectivity index (χ3n) is 2.60. The summed E-state index contributed by atoms with van der Waals surface area (Å²) in [4.78, 5) is 11.3. The van der Waals surface area contributed by atoms with Crippen LogP contribution in [0.25, 0.3) is 6.08 Å². The van der Waals surface area contributed by atoms with Crippen molar-refractivity contribution in [3.05, 3.63) is 34.9 Å². The number of carbonyl (C=O) groups is 1. The van der Waals surface area contributed by atoms with Crippen molar-refractivity contribution in [1.29, 1.82) is 0 Å². The van der Waals surface area contributed by atoms with Gasteiger partial charge in [0.25, 0.3) is 0 Å². The molecule has 0 aromatic heterocycles. The third-order valence-corrected chi connectivity index (χ3v) is 2.60. The Morgan fingerprint density at radius 3 is 2.93 bits per heavy atom. The van der Waals surface area contributed by atoms with Crippen LogP contribution in [-0.2, 0) is 16.0 Å². The van der Waals surface area contributed by atoms with E-state index < -0.39 is 0 Å². The summed E-state index contributed by atoms with van der Waals surface area (Å²) in [5, 5.41) is 9.63. The van der Waals surface area contributed by atoms with Gasteiger partial charge in [-0.05, 0) is 30.5 Å². The summed E-state index contributed by atoms with van der Waals surface area (Å²) in [7, 11) is 1.36. The van der Waals surface area contributed by atoms with Crippen LogP contribution < -0.4 is 0 Å². The summed E-state index contributed by atoms with van der Waals surface area (Å²) in [5.41, 5.74) is 2.43. The molecule has 3 nitrogen and oxygen atoms in total. The van der Waals surface area contributed by atoms with Crippen molar-refractivity contribution in [2.45, 2.75) is 12.8 Å². The molecule has 1 aliphatic rings. The second kappa shape index (κ2) is 3.77. The maximum absolute atomic E-state index is 11.3. The average molecular weight is 204 g/mol. The number of esters is 1. The standard InChI is InChI=1S/C12H12O3/c1-15-12(14)9-6-5-8-3-2-4-11(13)10(8)7-9/h2-4,7,13H,5-6H2,1H3. The molecule has 15 heavy (non-hydrogen) atoms. The first kappa shape index (κ1) is 9.77. The SMILES string of the molecule is COC(=O)C1=Cc2c(O)cccc2CC1. The first-order chi connectivity index (χ1) is 7.22. The van der Waals surface area contributed by atoms with Crippen LogP contribution in [-0.4, -0.2) is 18.2 Å². The van der Waals surface area contributed by atoms with Gasteiger partial charge in [-0.3, -0.25) is 0 Å². The lowest BCUT2D eigenvalue weighted by Crippen LogP contribution is -2.09. The van der Waals surface area contributed by atoms with Crippen LogP contribution in [0, 0.1) is 0 Å². The van der Waals surface area contributed by atoms with Crippen molar-refractivity contribution in [3.63, 3.8) is 0 Å². The van der Waals surface area contributed by atoms with Gasteiger partial charge in [0.1, 0.15) is 5.75 Å². The summed E-state index contributed by atoms with van der Waals surface area (Å²) < 4.78 is 4.66. The number of aromatic hydroxyl groups is 1. The van der Waals surface area contributed by atoms with Gasteiger partial charge in [-0.1, -0.05) is 12.1 Å². The normalized spacial score (nSPS) is 14.1. The van der Waals surface area contributed by atoms with Gasteiger partial charge in [0.05, 0.1) is 7.11 Å². The highest BCUT2D eigenvalue weighted by Crippen LogP contribution is 2.30. The lowest BCUT2D eigenvalue weighted by molar-refractivity contribution is -0.136. The van der Waals surface area contributed by atoms with Gasteiger partial charge in [-0.2, -0.15) is 0 Å². The molecule has 0 unspecified atom stereocenters. The van der Waals surface area contributed by atoms with Crippen molar-refractivity contribution < 1.29 is 14.6 Å². The minimum atomic E-state index is -0.316. The molecule has 0 radical (unpaired) electrons. The van der Waals surface area contributed by atoms with Crippen molar-refractivity contribution in [2.75, 3.05) is 7.11 Å². The molecule has 1 aromatic rings. The zero-order valence-electron chi connectivity index (χ0n) is 8.49. The fourth-order valence-corrected chi connectivity index (χ4v) is 1.79. The molecule has 2 rings (SSSR count). The molecule has 0 aliphatic heterocycles. The molecule has 0 saturated carbocycles. The molecule has 0 saturated heterocycles. The topological polar surface area (TPSA) is 46.5 Å². The molecule has 0 heterocycles. The molecular weight excluding hydrogens is 192 g/mol. The number of ether oxygens (including phenoxy) is 1. The first-order valence-corrected chi connectivity index (χ1v) is 4.82. The van der Waals surface area contributed by atoms with E-state index in [9.17, 15) is 9.90 Å². The molecule has 0 spiro atoms. The van der Waals surface area contributed by atoms with E-state index in [4.69, 9.17) is 0 Å². The second-order valence-corrected chi connectivity index (χ2v) is 3.51. The van der Waals surface area contributed by atoms with E-state index in [-0.39, 0.29) is 11.7 Å². The Kier molecular flexibility index (Phi) is 2.46. The van der Waals surface area contributed by atoms with E-state index in [1.165, 1.54) is 7.11 Å². The van der Waals surface area contributed by atoms with Gasteiger partial charge in [0.2, 0.25) is 0 Å². The maximum atomic E-state index is 11.3. The highest BCUT2D eigenvalue weighted by molar-refractivity contribution is 5.95. The molecular formula is C12H12O3. The van der Waals surface area contributed by atoms with Crippen LogP contribution in [0.5, 0.6) is 5.75 Å². The van der Waals surface area contributed by atoms with Crippen LogP contribution in [0.1, 0.15) is 17.5 Å². The summed E-state index contributed by atoms with van der Waals surface area (Å²) >= 11 is 0. The van der Waals surface area contributed by atoms with Gasteiger partial charge in [-0.25, -0.2) is 4.79 Å². The quantitative estimate of drug-likeness (QED) is 0.710. The number of rotatable bonds is 1. The maximum Gasteiger partial charge on any atom is 0.333 e. The van der Waals surface area contributed by atoms with Crippen molar-refractivity contribution in [3.8, 4) is 5.75 Å².